The van der Waals surface area contributed by atoms with E-state index in [-0.39, 0.29) is 5.69 Å². The molecule has 0 radical (unpaired) electrons. The van der Waals surface area contributed by atoms with Crippen molar-refractivity contribution in [3.63, 3.8) is 0 Å². The number of likely N-dealkylation sites (N-methyl/N-ethyl adjacent to an activating group) is 2. The molecule has 0 atom stereocenters. The summed E-state index contributed by atoms with van der Waals surface area (Å²) in [5.41, 5.74) is 0.936. The van der Waals surface area contributed by atoms with Crippen molar-refractivity contribution in [3.05, 3.63) is 33.9 Å². The average Bonchev–Trinajstić information content (AvgIpc) is 2.35. The maximum absolute atomic E-state index is 10.8. The van der Waals surface area contributed by atoms with Gasteiger partial charge >= 0.3 is 0 Å². The largest absolute Gasteiger partial charge is 0.496 e. The van der Waals surface area contributed by atoms with Gasteiger partial charge in [-0.05, 0) is 25.7 Å². The Morgan fingerprint density at radius 1 is 1.44 bits per heavy atom. The van der Waals surface area contributed by atoms with Crippen molar-refractivity contribution in [1.82, 2.24) is 10.2 Å². The second kappa shape index (κ2) is 6.93. The lowest BCUT2D eigenvalue weighted by atomic mass is 10.1. The molecule has 1 aromatic carbocycles. The highest BCUT2D eigenvalue weighted by Gasteiger charge is 2.11. The molecule has 0 aromatic heterocycles. The van der Waals surface area contributed by atoms with Crippen molar-refractivity contribution in [2.75, 3.05) is 34.3 Å². The third kappa shape index (κ3) is 4.31. The Morgan fingerprint density at radius 2 is 2.17 bits per heavy atom. The van der Waals surface area contributed by atoms with Crippen LogP contribution in [0.15, 0.2) is 18.2 Å². The Hall–Kier alpha value is -1.66. The Balaban J connectivity index is 2.81. The quantitative estimate of drug-likeness (QED) is 0.585. The van der Waals surface area contributed by atoms with Crippen LogP contribution in [-0.2, 0) is 6.54 Å². The van der Waals surface area contributed by atoms with Crippen molar-refractivity contribution in [2.45, 2.75) is 6.54 Å². The zero-order valence-corrected chi connectivity index (χ0v) is 11.0. The fourth-order valence-electron chi connectivity index (χ4n) is 1.65. The first kappa shape index (κ1) is 14.4. The van der Waals surface area contributed by atoms with E-state index in [1.54, 1.807) is 6.07 Å². The molecule has 0 bridgehead atoms. The lowest BCUT2D eigenvalue weighted by Crippen LogP contribution is -2.26. The van der Waals surface area contributed by atoms with E-state index >= 15 is 0 Å². The van der Waals surface area contributed by atoms with Crippen molar-refractivity contribution < 1.29 is 9.66 Å². The molecule has 0 heterocycles. The fraction of sp³-hybridized carbons (Fsp3) is 0.500. The van der Waals surface area contributed by atoms with Crippen LogP contribution in [0.25, 0.3) is 0 Å². The number of hydrogen-bond acceptors (Lipinski definition) is 5. The number of ether oxygens (including phenoxy) is 1. The topological polar surface area (TPSA) is 67.6 Å². The van der Waals surface area contributed by atoms with Gasteiger partial charge in [0.2, 0.25) is 0 Å². The molecule has 0 saturated carbocycles. The van der Waals surface area contributed by atoms with E-state index in [1.807, 2.05) is 20.2 Å². The van der Waals surface area contributed by atoms with Crippen LogP contribution in [0.2, 0.25) is 0 Å². The maximum atomic E-state index is 10.8. The molecule has 0 unspecified atom stereocenters. The summed E-state index contributed by atoms with van der Waals surface area (Å²) in [5, 5.41) is 13.9. The van der Waals surface area contributed by atoms with Gasteiger partial charge in [-0.25, -0.2) is 0 Å². The molecule has 100 valence electrons. The number of hydrogen-bond donors (Lipinski definition) is 1. The lowest BCUT2D eigenvalue weighted by Gasteiger charge is -2.16. The van der Waals surface area contributed by atoms with Gasteiger partial charge in [0.05, 0.1) is 18.1 Å². The number of methoxy groups -OCH3 is 1. The molecule has 1 N–H and O–H groups in total. The van der Waals surface area contributed by atoms with Crippen molar-refractivity contribution >= 4 is 5.69 Å². The SMILES string of the molecule is CNCCN(C)Cc1cc(OC)cc([N+](=O)[O-])c1. The summed E-state index contributed by atoms with van der Waals surface area (Å²) in [6.45, 7) is 2.41. The minimum absolute atomic E-state index is 0.0615. The molecule has 18 heavy (non-hydrogen) atoms. The summed E-state index contributed by atoms with van der Waals surface area (Å²) in [7, 11) is 5.38. The number of nitro groups is 1. The molecule has 6 nitrogen and oxygen atoms in total. The Labute approximate surface area is 107 Å². The Kier molecular flexibility index (Phi) is 5.54. The molecule has 0 aliphatic carbocycles. The highest BCUT2D eigenvalue weighted by atomic mass is 16.6. The molecule has 0 saturated heterocycles. The zero-order valence-electron chi connectivity index (χ0n) is 11.0. The first-order valence-corrected chi connectivity index (χ1v) is 5.72. The van der Waals surface area contributed by atoms with Crippen LogP contribution >= 0.6 is 0 Å². The van der Waals surface area contributed by atoms with E-state index in [9.17, 15) is 10.1 Å². The predicted octanol–water partition coefficient (Wildman–Crippen LogP) is 1.25. The van der Waals surface area contributed by atoms with E-state index in [4.69, 9.17) is 4.74 Å². The molecule has 0 spiro atoms. The summed E-state index contributed by atoms with van der Waals surface area (Å²) < 4.78 is 5.07. The summed E-state index contributed by atoms with van der Waals surface area (Å²) in [6, 6.07) is 4.83. The van der Waals surface area contributed by atoms with Gasteiger partial charge in [-0.15, -0.1) is 0 Å². The van der Waals surface area contributed by atoms with Crippen molar-refractivity contribution in [2.24, 2.45) is 0 Å². The number of nitrogens with zero attached hydrogens (tertiary/aromatic N) is 2. The van der Waals surface area contributed by atoms with Crippen LogP contribution in [0.4, 0.5) is 5.69 Å². The zero-order chi connectivity index (χ0) is 13.5. The molecular weight excluding hydrogens is 234 g/mol. The van der Waals surface area contributed by atoms with Gasteiger partial charge in [0.1, 0.15) is 5.75 Å². The van der Waals surface area contributed by atoms with Gasteiger partial charge in [0, 0.05) is 25.7 Å². The van der Waals surface area contributed by atoms with Crippen molar-refractivity contribution in [1.29, 1.82) is 0 Å². The molecule has 0 aliphatic heterocycles. The normalized spacial score (nSPS) is 10.7. The Bertz CT molecular complexity index is 410. The van der Waals surface area contributed by atoms with E-state index in [0.717, 1.165) is 18.7 Å². The molecule has 1 rings (SSSR count). The molecule has 0 aliphatic rings. The van der Waals surface area contributed by atoms with Gasteiger partial charge in [0.25, 0.3) is 5.69 Å². The number of rotatable bonds is 7. The summed E-state index contributed by atoms with van der Waals surface area (Å²) in [5.74, 6) is 0.515. The van der Waals surface area contributed by atoms with Gasteiger partial charge in [-0.1, -0.05) is 0 Å². The van der Waals surface area contributed by atoms with Crippen LogP contribution in [0.1, 0.15) is 5.56 Å². The molecule has 0 fully saturated rings. The third-order valence-electron chi connectivity index (χ3n) is 2.59. The third-order valence-corrected chi connectivity index (χ3v) is 2.59. The number of benzene rings is 1. The maximum Gasteiger partial charge on any atom is 0.273 e. The van der Waals surface area contributed by atoms with Gasteiger partial charge in [-0.3, -0.25) is 10.1 Å². The van der Waals surface area contributed by atoms with E-state index in [0.29, 0.717) is 12.3 Å². The number of nitrogens with one attached hydrogen (secondary N) is 1. The number of nitro benzene ring substituents is 1. The smallest absolute Gasteiger partial charge is 0.273 e. The van der Waals surface area contributed by atoms with E-state index in [1.165, 1.54) is 13.2 Å². The Morgan fingerprint density at radius 3 is 2.72 bits per heavy atom. The van der Waals surface area contributed by atoms with Gasteiger partial charge < -0.3 is 15.0 Å². The van der Waals surface area contributed by atoms with Crippen LogP contribution < -0.4 is 10.1 Å². The minimum Gasteiger partial charge on any atom is -0.496 e. The standard InChI is InChI=1S/C12H19N3O3/c1-13-4-5-14(2)9-10-6-11(15(16)17)8-12(7-10)18-3/h6-8,13H,4-5,9H2,1-3H3. The van der Waals surface area contributed by atoms with Crippen LogP contribution in [-0.4, -0.2) is 44.1 Å². The summed E-state index contributed by atoms with van der Waals surface area (Å²) in [4.78, 5) is 12.5. The van der Waals surface area contributed by atoms with Crippen LogP contribution in [0, 0.1) is 10.1 Å². The highest BCUT2D eigenvalue weighted by Crippen LogP contribution is 2.23. The predicted molar refractivity (Wildman–Crippen MR) is 69.9 cm³/mol. The van der Waals surface area contributed by atoms with Gasteiger partial charge in [-0.2, -0.15) is 0 Å². The van der Waals surface area contributed by atoms with E-state index < -0.39 is 4.92 Å². The summed E-state index contributed by atoms with van der Waals surface area (Å²) >= 11 is 0. The molecule has 0 amide bonds. The fourth-order valence-corrected chi connectivity index (χ4v) is 1.65. The average molecular weight is 253 g/mol. The number of non-ortho nitro benzene ring substituents is 1. The first-order chi connectivity index (χ1) is 8.56. The van der Waals surface area contributed by atoms with Gasteiger partial charge in [0.15, 0.2) is 0 Å². The molecule has 1 aromatic rings. The monoisotopic (exact) mass is 253 g/mol. The first-order valence-electron chi connectivity index (χ1n) is 5.72. The van der Waals surface area contributed by atoms with E-state index in [2.05, 4.69) is 10.2 Å². The molecule has 6 heteroatoms. The second-order valence-corrected chi connectivity index (χ2v) is 4.14. The second-order valence-electron chi connectivity index (χ2n) is 4.14. The lowest BCUT2D eigenvalue weighted by molar-refractivity contribution is -0.385. The van der Waals surface area contributed by atoms with Crippen molar-refractivity contribution in [3.8, 4) is 5.75 Å². The highest BCUT2D eigenvalue weighted by molar-refractivity contribution is 5.42. The van der Waals surface area contributed by atoms with Crippen LogP contribution in [0.3, 0.4) is 0 Å². The summed E-state index contributed by atoms with van der Waals surface area (Å²) in [6.07, 6.45) is 0. The van der Waals surface area contributed by atoms with Crippen LogP contribution in [0.5, 0.6) is 5.75 Å². The minimum atomic E-state index is -0.403. The molecular formula is C12H19N3O3.